The lowest BCUT2D eigenvalue weighted by Crippen LogP contribution is -1.97. The second kappa shape index (κ2) is 8.46. The number of nitro benzene ring substituents is 2. The molecule has 0 atom stereocenters. The maximum absolute atomic E-state index is 10.8. The van der Waals surface area contributed by atoms with E-state index >= 15 is 0 Å². The third-order valence-electron chi connectivity index (χ3n) is 2.38. The quantitative estimate of drug-likeness (QED) is 0.447. The molecule has 0 N–H and O–H groups in total. The van der Waals surface area contributed by atoms with Crippen molar-refractivity contribution in [1.82, 2.24) is 0 Å². The van der Waals surface area contributed by atoms with E-state index in [1.807, 2.05) is 0 Å². The Morgan fingerprint density at radius 2 is 1.55 bits per heavy atom. The molecule has 0 bridgehead atoms. The Bertz CT molecular complexity index is 482. The van der Waals surface area contributed by atoms with Crippen molar-refractivity contribution in [3.63, 3.8) is 0 Å². The normalized spacial score (nSPS) is 9.25. The molecule has 20 heavy (non-hydrogen) atoms. The molecule has 0 spiro atoms. The molecule has 1 aromatic rings. The van der Waals surface area contributed by atoms with E-state index in [0.29, 0.717) is 24.8 Å². The van der Waals surface area contributed by atoms with E-state index < -0.39 is 9.85 Å². The molecule has 0 saturated heterocycles. The Hall–Kier alpha value is -2.64. The van der Waals surface area contributed by atoms with Gasteiger partial charge in [0.15, 0.2) is 6.79 Å². The zero-order valence-corrected chi connectivity index (χ0v) is 10.8. The van der Waals surface area contributed by atoms with Gasteiger partial charge in [-0.1, -0.05) is 0 Å². The van der Waals surface area contributed by atoms with Gasteiger partial charge in [0.25, 0.3) is 11.4 Å². The number of carbonyl (C=O) groups excluding carboxylic acids is 2. The van der Waals surface area contributed by atoms with Gasteiger partial charge in [0.1, 0.15) is 5.78 Å². The summed E-state index contributed by atoms with van der Waals surface area (Å²) in [4.78, 5) is 38.5. The molecular formula is C12H13N2O6. The third-order valence-corrected chi connectivity index (χ3v) is 2.38. The van der Waals surface area contributed by atoms with Crippen molar-refractivity contribution in [3.05, 3.63) is 44.0 Å². The average molecular weight is 281 g/mol. The molecule has 1 aromatic carbocycles. The number of hydrogen-bond acceptors (Lipinski definition) is 6. The summed E-state index contributed by atoms with van der Waals surface area (Å²) in [7, 11) is 0. The first-order chi connectivity index (χ1) is 9.40. The Morgan fingerprint density at radius 1 is 1.10 bits per heavy atom. The van der Waals surface area contributed by atoms with Crippen LogP contribution in [0.4, 0.5) is 11.4 Å². The molecule has 0 amide bonds. The number of nitro groups is 2. The Balaban J connectivity index is 0.00000172. The van der Waals surface area contributed by atoms with Crippen LogP contribution in [0, 0.1) is 20.2 Å². The number of rotatable bonds is 6. The summed E-state index contributed by atoms with van der Waals surface area (Å²) >= 11 is 0. The first-order valence-corrected chi connectivity index (χ1v) is 5.56. The summed E-state index contributed by atoms with van der Waals surface area (Å²) in [5, 5.41) is 21.3. The van der Waals surface area contributed by atoms with Crippen LogP contribution in [0.5, 0.6) is 0 Å². The van der Waals surface area contributed by atoms with Gasteiger partial charge in [-0.3, -0.25) is 25.0 Å². The van der Waals surface area contributed by atoms with Crippen LogP contribution in [0.1, 0.15) is 25.3 Å². The zero-order chi connectivity index (χ0) is 15.7. The highest BCUT2D eigenvalue weighted by Crippen LogP contribution is 2.23. The first-order valence-electron chi connectivity index (χ1n) is 5.56. The fourth-order valence-electron chi connectivity index (χ4n) is 1.55. The Kier molecular flexibility index (Phi) is 7.34. The molecule has 0 heterocycles. The maximum atomic E-state index is 10.8. The summed E-state index contributed by atoms with van der Waals surface area (Å²) < 4.78 is 0. The summed E-state index contributed by atoms with van der Waals surface area (Å²) in [5.74, 6) is 0.0231. The van der Waals surface area contributed by atoms with Crippen molar-refractivity contribution in [2.24, 2.45) is 0 Å². The highest BCUT2D eigenvalue weighted by Gasteiger charge is 2.16. The Morgan fingerprint density at radius 3 is 1.90 bits per heavy atom. The van der Waals surface area contributed by atoms with Crippen molar-refractivity contribution >= 4 is 23.9 Å². The van der Waals surface area contributed by atoms with Crippen molar-refractivity contribution in [2.75, 3.05) is 0 Å². The van der Waals surface area contributed by atoms with Crippen LogP contribution in [0.25, 0.3) is 0 Å². The number of nitrogens with zero attached hydrogens (tertiary/aromatic N) is 2. The summed E-state index contributed by atoms with van der Waals surface area (Å²) in [6.07, 6.45) is 1.28. The molecule has 1 rings (SSSR count). The van der Waals surface area contributed by atoms with Gasteiger partial charge in [0.2, 0.25) is 0 Å². The van der Waals surface area contributed by atoms with E-state index in [-0.39, 0.29) is 17.2 Å². The van der Waals surface area contributed by atoms with E-state index in [4.69, 9.17) is 4.79 Å². The molecule has 8 nitrogen and oxygen atoms in total. The van der Waals surface area contributed by atoms with Gasteiger partial charge in [0.05, 0.1) is 15.9 Å². The monoisotopic (exact) mass is 281 g/mol. The minimum atomic E-state index is -0.665. The standard InChI is InChI=1S/C11H12N2O5.CHO/c1-8(14)3-2-4-9-5-10(12(15)16)7-11(6-9)13(17)18;1-2/h5-7H,2-4H2,1H3;1H. The second-order valence-corrected chi connectivity index (χ2v) is 3.93. The number of benzene rings is 1. The van der Waals surface area contributed by atoms with E-state index in [1.165, 1.54) is 19.1 Å². The molecule has 0 aliphatic carbocycles. The van der Waals surface area contributed by atoms with E-state index in [2.05, 4.69) is 6.79 Å². The van der Waals surface area contributed by atoms with Gasteiger partial charge in [0, 0.05) is 18.6 Å². The molecule has 0 saturated carbocycles. The predicted molar refractivity (Wildman–Crippen MR) is 70.1 cm³/mol. The Labute approximate surface area is 114 Å². The summed E-state index contributed by atoms with van der Waals surface area (Å²) in [6, 6.07) is 3.52. The number of carbonyl (C=O) groups is 1. The van der Waals surface area contributed by atoms with E-state index in [0.717, 1.165) is 6.07 Å². The summed E-state index contributed by atoms with van der Waals surface area (Å²) in [5.41, 5.74) is -0.110. The number of hydrogen-bond donors (Lipinski definition) is 0. The van der Waals surface area contributed by atoms with Crippen molar-refractivity contribution in [2.45, 2.75) is 26.2 Å². The fourth-order valence-corrected chi connectivity index (χ4v) is 1.55. The van der Waals surface area contributed by atoms with Crippen LogP contribution in [-0.4, -0.2) is 22.4 Å². The lowest BCUT2D eigenvalue weighted by atomic mass is 10.1. The molecular weight excluding hydrogens is 268 g/mol. The highest BCUT2D eigenvalue weighted by molar-refractivity contribution is 5.75. The molecule has 0 aliphatic heterocycles. The van der Waals surface area contributed by atoms with Crippen molar-refractivity contribution in [1.29, 1.82) is 0 Å². The minimum Gasteiger partial charge on any atom is -0.300 e. The lowest BCUT2D eigenvalue weighted by Gasteiger charge is -2.01. The molecule has 0 unspecified atom stereocenters. The highest BCUT2D eigenvalue weighted by atomic mass is 16.6. The van der Waals surface area contributed by atoms with Gasteiger partial charge in [-0.25, -0.2) is 0 Å². The molecule has 1 radical (unpaired) electrons. The lowest BCUT2D eigenvalue weighted by molar-refractivity contribution is -0.394. The van der Waals surface area contributed by atoms with Gasteiger partial charge in [-0.15, -0.1) is 0 Å². The van der Waals surface area contributed by atoms with Crippen molar-refractivity contribution < 1.29 is 19.4 Å². The fraction of sp³-hybridized carbons (Fsp3) is 0.333. The van der Waals surface area contributed by atoms with Crippen LogP contribution in [-0.2, 0) is 16.0 Å². The minimum absolute atomic E-state index is 0.0231. The molecule has 107 valence electrons. The van der Waals surface area contributed by atoms with Crippen LogP contribution in [0.2, 0.25) is 0 Å². The molecule has 0 aromatic heterocycles. The predicted octanol–water partition coefficient (Wildman–Crippen LogP) is 2.14. The van der Waals surface area contributed by atoms with E-state index in [9.17, 15) is 25.0 Å². The molecule has 8 heteroatoms. The second-order valence-electron chi connectivity index (χ2n) is 3.93. The van der Waals surface area contributed by atoms with Crippen molar-refractivity contribution in [3.8, 4) is 0 Å². The van der Waals surface area contributed by atoms with Gasteiger partial charge in [-0.2, -0.15) is 0 Å². The third kappa shape index (κ3) is 5.80. The summed E-state index contributed by atoms with van der Waals surface area (Å²) in [6.45, 7) is 4.70. The SMILES string of the molecule is CC(=O)CCCc1cc([N+](=O)[O-])cc([N+](=O)[O-])c1.[CH]=O. The number of ketones is 1. The van der Waals surface area contributed by atoms with Crippen LogP contribution in [0.3, 0.4) is 0 Å². The zero-order valence-electron chi connectivity index (χ0n) is 10.8. The smallest absolute Gasteiger partial charge is 0.276 e. The maximum Gasteiger partial charge on any atom is 0.276 e. The first kappa shape index (κ1) is 17.4. The number of aryl methyl sites for hydroxylation is 1. The van der Waals surface area contributed by atoms with Crippen LogP contribution >= 0.6 is 0 Å². The van der Waals surface area contributed by atoms with E-state index in [1.54, 1.807) is 0 Å². The molecule has 0 aliphatic rings. The van der Waals surface area contributed by atoms with Gasteiger partial charge in [-0.05, 0) is 25.3 Å². The topological polar surface area (TPSA) is 120 Å². The van der Waals surface area contributed by atoms with Crippen LogP contribution in [0.15, 0.2) is 18.2 Å². The van der Waals surface area contributed by atoms with Gasteiger partial charge < -0.3 is 4.79 Å². The van der Waals surface area contributed by atoms with Gasteiger partial charge >= 0.3 is 0 Å². The van der Waals surface area contributed by atoms with Crippen LogP contribution < -0.4 is 0 Å². The largest absolute Gasteiger partial charge is 0.300 e. The number of non-ortho nitro benzene ring substituents is 2. The average Bonchev–Trinajstić information content (AvgIpc) is 2.40. The number of Topliss-reactive ketones (excluding diaryl/α,β-unsaturated/α-hetero) is 1. The molecule has 0 fully saturated rings.